The van der Waals surface area contributed by atoms with Crippen LogP contribution in [0.3, 0.4) is 0 Å². The largest absolute Gasteiger partial charge is 0.481 e. The number of hydrogen-bond donors (Lipinski definition) is 2. The number of esters is 1. The number of carboxylic acid groups (broad SMARTS) is 1. The number of carbonyl (C=O) groups excluding carboxylic acids is 1. The van der Waals surface area contributed by atoms with Gasteiger partial charge in [0, 0.05) is 23.1 Å². The Hall–Kier alpha value is -3.54. The average Bonchev–Trinajstić information content (AvgIpc) is 3.07. The molecule has 2 rings (SSSR count). The summed E-state index contributed by atoms with van der Waals surface area (Å²) in [6, 6.07) is 3.70. The number of nitro groups is 1. The fourth-order valence-corrected chi connectivity index (χ4v) is 2.64. The molecule has 11 nitrogen and oxygen atoms in total. The highest BCUT2D eigenvalue weighted by Gasteiger charge is 2.12. The first-order chi connectivity index (χ1) is 13.4. The van der Waals surface area contributed by atoms with E-state index in [1.807, 2.05) is 0 Å². The molecule has 1 aromatic heterocycles. The number of carbonyl (C=O) groups is 2. The van der Waals surface area contributed by atoms with Gasteiger partial charge in [-0.1, -0.05) is 0 Å². The predicted molar refractivity (Wildman–Crippen MR) is 99.9 cm³/mol. The van der Waals surface area contributed by atoms with Crippen molar-refractivity contribution >= 4 is 40.3 Å². The van der Waals surface area contributed by atoms with E-state index in [1.165, 1.54) is 35.8 Å². The number of anilines is 1. The van der Waals surface area contributed by atoms with Gasteiger partial charge >= 0.3 is 11.9 Å². The van der Waals surface area contributed by atoms with Gasteiger partial charge in [0.25, 0.3) is 5.69 Å². The van der Waals surface area contributed by atoms with Crippen molar-refractivity contribution in [2.45, 2.75) is 13.3 Å². The molecular weight excluding hydrogens is 392 g/mol. The average molecular weight is 408 g/mol. The molecule has 0 aliphatic rings. The number of thiazole rings is 1. The highest BCUT2D eigenvalue weighted by Crippen LogP contribution is 2.23. The zero-order valence-corrected chi connectivity index (χ0v) is 15.5. The number of nitro benzene ring substituents is 1. The third-order valence-corrected chi connectivity index (χ3v) is 3.90. The van der Waals surface area contributed by atoms with Crippen LogP contribution < -0.4 is 10.2 Å². The second-order valence-electron chi connectivity index (χ2n) is 5.16. The molecule has 148 valence electrons. The van der Waals surface area contributed by atoms with Crippen LogP contribution in [-0.2, 0) is 20.7 Å². The fraction of sp³-hybridized carbons (Fsp3) is 0.250. The molecule has 0 saturated carbocycles. The van der Waals surface area contributed by atoms with Gasteiger partial charge in [0.1, 0.15) is 5.75 Å². The number of nitrogens with one attached hydrogen (secondary N) is 1. The minimum Gasteiger partial charge on any atom is -0.481 e. The molecule has 28 heavy (non-hydrogen) atoms. The van der Waals surface area contributed by atoms with E-state index in [1.54, 1.807) is 12.3 Å². The summed E-state index contributed by atoms with van der Waals surface area (Å²) in [5, 5.41) is 25.6. The van der Waals surface area contributed by atoms with Crippen LogP contribution in [0.2, 0.25) is 0 Å². The van der Waals surface area contributed by atoms with Gasteiger partial charge in [-0.3, -0.25) is 20.3 Å². The van der Waals surface area contributed by atoms with Gasteiger partial charge in [0.05, 0.1) is 29.9 Å². The Morgan fingerprint density at radius 3 is 2.93 bits per heavy atom. The molecular formula is C16H16N4O7S. The molecule has 0 spiro atoms. The van der Waals surface area contributed by atoms with Crippen molar-refractivity contribution in [3.63, 3.8) is 0 Å². The van der Waals surface area contributed by atoms with Crippen LogP contribution in [0.15, 0.2) is 28.7 Å². The lowest BCUT2D eigenvalue weighted by atomic mass is 10.2. The lowest BCUT2D eigenvalue weighted by molar-refractivity contribution is -0.384. The number of hydrogen-bond acceptors (Lipinski definition) is 10. The monoisotopic (exact) mass is 408 g/mol. The van der Waals surface area contributed by atoms with Crippen LogP contribution in [-0.4, -0.2) is 46.4 Å². The van der Waals surface area contributed by atoms with Crippen molar-refractivity contribution in [2.24, 2.45) is 5.10 Å². The molecule has 0 aliphatic carbocycles. The van der Waals surface area contributed by atoms with E-state index in [9.17, 15) is 19.7 Å². The molecule has 0 fully saturated rings. The van der Waals surface area contributed by atoms with Gasteiger partial charge in [-0.2, -0.15) is 5.10 Å². The molecule has 0 atom stereocenters. The predicted octanol–water partition coefficient (Wildman–Crippen LogP) is 2.07. The van der Waals surface area contributed by atoms with Gasteiger partial charge in [-0.25, -0.2) is 9.78 Å². The number of aromatic nitrogens is 1. The number of ether oxygens (including phenoxy) is 2. The van der Waals surface area contributed by atoms with E-state index in [4.69, 9.17) is 14.6 Å². The summed E-state index contributed by atoms with van der Waals surface area (Å²) >= 11 is 1.21. The van der Waals surface area contributed by atoms with E-state index >= 15 is 0 Å². The molecule has 0 unspecified atom stereocenters. The highest BCUT2D eigenvalue weighted by molar-refractivity contribution is 7.13. The van der Waals surface area contributed by atoms with Gasteiger partial charge in [-0.15, -0.1) is 11.3 Å². The van der Waals surface area contributed by atoms with Gasteiger partial charge in [0.2, 0.25) is 5.13 Å². The molecule has 12 heteroatoms. The Balaban J connectivity index is 2.08. The first-order valence-electron chi connectivity index (χ1n) is 7.91. The van der Waals surface area contributed by atoms with E-state index < -0.39 is 17.5 Å². The third kappa shape index (κ3) is 6.32. The molecule has 0 radical (unpaired) electrons. The summed E-state index contributed by atoms with van der Waals surface area (Å²) in [5.74, 6) is -1.45. The maximum Gasteiger partial charge on any atom is 0.341 e. The maximum absolute atomic E-state index is 11.4. The molecule has 1 aromatic carbocycles. The van der Waals surface area contributed by atoms with Crippen molar-refractivity contribution in [2.75, 3.05) is 18.6 Å². The Morgan fingerprint density at radius 1 is 1.46 bits per heavy atom. The summed E-state index contributed by atoms with van der Waals surface area (Å²) in [6.45, 7) is 1.40. The second-order valence-corrected chi connectivity index (χ2v) is 6.02. The van der Waals surface area contributed by atoms with Gasteiger partial charge in [-0.05, 0) is 13.0 Å². The Kier molecular flexibility index (Phi) is 7.39. The van der Waals surface area contributed by atoms with Crippen LogP contribution in [0, 0.1) is 10.1 Å². The smallest absolute Gasteiger partial charge is 0.341 e. The zero-order chi connectivity index (χ0) is 20.5. The lowest BCUT2D eigenvalue weighted by Gasteiger charge is -2.06. The minimum atomic E-state index is -1.18. The molecule has 1 heterocycles. The van der Waals surface area contributed by atoms with Crippen LogP contribution in [0.4, 0.5) is 10.8 Å². The Morgan fingerprint density at radius 2 is 2.25 bits per heavy atom. The van der Waals surface area contributed by atoms with E-state index in [0.29, 0.717) is 10.8 Å². The summed E-state index contributed by atoms with van der Waals surface area (Å²) in [7, 11) is 0. The van der Waals surface area contributed by atoms with Crippen molar-refractivity contribution in [3.8, 4) is 5.75 Å². The number of hydrazone groups is 1. The summed E-state index contributed by atoms with van der Waals surface area (Å²) in [6.07, 6.45) is 1.28. The molecule has 0 saturated heterocycles. The summed E-state index contributed by atoms with van der Waals surface area (Å²) in [5.41, 5.74) is 3.17. The van der Waals surface area contributed by atoms with E-state index in [0.717, 1.165) is 0 Å². The van der Waals surface area contributed by atoms with Crippen LogP contribution in [0.25, 0.3) is 0 Å². The number of aliphatic carboxylic acids is 1. The number of carboxylic acids is 1. The van der Waals surface area contributed by atoms with Crippen molar-refractivity contribution in [3.05, 3.63) is 45.0 Å². The third-order valence-electron chi connectivity index (χ3n) is 3.10. The summed E-state index contributed by atoms with van der Waals surface area (Å²) in [4.78, 5) is 36.6. The molecule has 2 aromatic rings. The maximum atomic E-state index is 11.4. The number of nitrogens with zero attached hydrogens (tertiary/aromatic N) is 3. The van der Waals surface area contributed by atoms with E-state index in [2.05, 4.69) is 15.5 Å². The van der Waals surface area contributed by atoms with Crippen molar-refractivity contribution in [1.29, 1.82) is 0 Å². The number of non-ortho nitro benzene ring substituents is 1. The standard InChI is InChI=1S/C16H16N4O7S/c1-2-26-15(23)6-11-9-28-16(18-11)19-17-7-10-5-12(20(24)25)3-4-13(10)27-8-14(21)22/h3-5,7,9H,2,6,8H2,1H3,(H,18,19)(H,21,22). The normalized spacial score (nSPS) is 10.6. The first-order valence-corrected chi connectivity index (χ1v) is 8.79. The molecule has 2 N–H and O–H groups in total. The quantitative estimate of drug-likeness (QED) is 0.260. The zero-order valence-electron chi connectivity index (χ0n) is 14.7. The van der Waals surface area contributed by atoms with Crippen LogP contribution in [0.5, 0.6) is 5.75 Å². The minimum absolute atomic E-state index is 0.0355. The van der Waals surface area contributed by atoms with Crippen LogP contribution >= 0.6 is 11.3 Å². The summed E-state index contributed by atoms with van der Waals surface area (Å²) < 4.78 is 9.94. The molecule has 0 aliphatic heterocycles. The lowest BCUT2D eigenvalue weighted by Crippen LogP contribution is -2.10. The number of benzene rings is 1. The fourth-order valence-electron chi connectivity index (χ4n) is 1.98. The first kappa shape index (κ1) is 20.8. The Labute approximate surface area is 162 Å². The van der Waals surface area contributed by atoms with Gasteiger partial charge in [0.15, 0.2) is 6.61 Å². The van der Waals surface area contributed by atoms with E-state index in [-0.39, 0.29) is 36.0 Å². The molecule has 0 bridgehead atoms. The number of rotatable bonds is 10. The second kappa shape index (κ2) is 9.97. The Bertz CT molecular complexity index is 897. The molecule has 0 amide bonds. The SMILES string of the molecule is CCOC(=O)Cc1csc(NN=Cc2cc([N+](=O)[O-])ccc2OCC(=O)O)n1. The topological polar surface area (TPSA) is 153 Å². The van der Waals surface area contributed by atoms with Crippen molar-refractivity contribution in [1.82, 2.24) is 4.98 Å². The highest BCUT2D eigenvalue weighted by atomic mass is 32.1. The van der Waals surface area contributed by atoms with Crippen molar-refractivity contribution < 1.29 is 29.1 Å². The van der Waals surface area contributed by atoms with Gasteiger partial charge < -0.3 is 14.6 Å². The van der Waals surface area contributed by atoms with Crippen LogP contribution in [0.1, 0.15) is 18.2 Å².